The third-order valence-corrected chi connectivity index (χ3v) is 2.92. The van der Waals surface area contributed by atoms with Crippen molar-refractivity contribution in [2.24, 2.45) is 0 Å². The van der Waals surface area contributed by atoms with Gasteiger partial charge in [-0.15, -0.1) is 0 Å². The predicted octanol–water partition coefficient (Wildman–Crippen LogP) is 0.330. The Morgan fingerprint density at radius 2 is 2.29 bits per heavy atom. The first-order valence-corrected chi connectivity index (χ1v) is 5.80. The highest BCUT2D eigenvalue weighted by atomic mass is 16.4. The number of aliphatic carboxylic acids is 1. The Balaban J connectivity index is 1.87. The molecule has 1 fully saturated rings. The van der Waals surface area contributed by atoms with Crippen molar-refractivity contribution in [1.29, 1.82) is 0 Å². The highest BCUT2D eigenvalue weighted by Crippen LogP contribution is 2.08. The van der Waals surface area contributed by atoms with Crippen LogP contribution in [0.1, 0.15) is 12.0 Å². The van der Waals surface area contributed by atoms with Gasteiger partial charge in [0, 0.05) is 44.6 Å². The molecule has 0 aliphatic carbocycles. The maximum atomic E-state index is 10.7. The summed E-state index contributed by atoms with van der Waals surface area (Å²) in [6.07, 6.45) is 3.76. The van der Waals surface area contributed by atoms with Gasteiger partial charge in [0.1, 0.15) is 0 Å². The van der Waals surface area contributed by atoms with Crippen molar-refractivity contribution in [2.75, 3.05) is 19.6 Å². The third kappa shape index (κ3) is 3.80. The number of rotatable bonds is 4. The van der Waals surface area contributed by atoms with Gasteiger partial charge in [-0.3, -0.25) is 14.7 Å². The predicted molar refractivity (Wildman–Crippen MR) is 63.6 cm³/mol. The molecule has 1 aromatic rings. The lowest BCUT2D eigenvalue weighted by atomic mass is 10.1. The summed E-state index contributed by atoms with van der Waals surface area (Å²) < 4.78 is 0. The van der Waals surface area contributed by atoms with E-state index in [0.29, 0.717) is 0 Å². The molecule has 1 aromatic heterocycles. The molecule has 2 N–H and O–H groups in total. The molecule has 1 saturated heterocycles. The van der Waals surface area contributed by atoms with E-state index in [1.54, 1.807) is 12.4 Å². The van der Waals surface area contributed by atoms with Gasteiger partial charge in [0.15, 0.2) is 0 Å². The molecule has 2 heterocycles. The number of carboxylic acid groups (broad SMARTS) is 1. The van der Waals surface area contributed by atoms with Crippen molar-refractivity contribution < 1.29 is 9.90 Å². The zero-order chi connectivity index (χ0) is 12.1. The van der Waals surface area contributed by atoms with E-state index in [1.165, 1.54) is 5.56 Å². The number of pyridine rings is 1. The minimum atomic E-state index is -0.742. The Bertz CT molecular complexity index is 369. The number of hydrogen-bond donors (Lipinski definition) is 2. The van der Waals surface area contributed by atoms with Crippen molar-refractivity contribution >= 4 is 5.97 Å². The molecule has 1 atom stereocenters. The lowest BCUT2D eigenvalue weighted by molar-refractivity contribution is -0.137. The summed E-state index contributed by atoms with van der Waals surface area (Å²) in [6, 6.07) is 4.05. The standard InChI is InChI=1S/C12H17N3O2/c16-12(17)7-11-9-15(6-5-14-11)8-10-1-3-13-4-2-10/h1-4,11,14H,5-9H2,(H,16,17). The first kappa shape index (κ1) is 12.0. The van der Waals surface area contributed by atoms with Crippen LogP contribution in [0.25, 0.3) is 0 Å². The maximum Gasteiger partial charge on any atom is 0.304 e. The zero-order valence-corrected chi connectivity index (χ0v) is 9.67. The smallest absolute Gasteiger partial charge is 0.304 e. The van der Waals surface area contributed by atoms with Crippen LogP contribution in [0.5, 0.6) is 0 Å². The Morgan fingerprint density at radius 3 is 3.00 bits per heavy atom. The number of carbonyl (C=O) groups is 1. The fourth-order valence-corrected chi connectivity index (χ4v) is 2.13. The number of piperazine rings is 1. The number of nitrogens with zero attached hydrogens (tertiary/aromatic N) is 2. The van der Waals surface area contributed by atoms with Crippen LogP contribution in [-0.4, -0.2) is 46.6 Å². The summed E-state index contributed by atoms with van der Waals surface area (Å²) in [4.78, 5) is 16.9. The van der Waals surface area contributed by atoms with Crippen LogP contribution >= 0.6 is 0 Å². The molecular formula is C12H17N3O2. The molecule has 5 nitrogen and oxygen atoms in total. The van der Waals surface area contributed by atoms with E-state index in [0.717, 1.165) is 26.2 Å². The largest absolute Gasteiger partial charge is 0.481 e. The van der Waals surface area contributed by atoms with Crippen molar-refractivity contribution in [3.05, 3.63) is 30.1 Å². The molecule has 17 heavy (non-hydrogen) atoms. The molecule has 1 unspecified atom stereocenters. The first-order chi connectivity index (χ1) is 8.24. The first-order valence-electron chi connectivity index (χ1n) is 5.80. The molecule has 0 aromatic carbocycles. The van der Waals surface area contributed by atoms with Gasteiger partial charge in [-0.25, -0.2) is 0 Å². The molecule has 0 amide bonds. The normalized spacial score (nSPS) is 21.3. The van der Waals surface area contributed by atoms with Gasteiger partial charge in [0.05, 0.1) is 6.42 Å². The molecule has 0 bridgehead atoms. The average molecular weight is 235 g/mol. The quantitative estimate of drug-likeness (QED) is 0.787. The fraction of sp³-hybridized carbons (Fsp3) is 0.500. The molecule has 1 aliphatic rings. The SMILES string of the molecule is O=C(O)CC1CN(Cc2ccncc2)CCN1. The van der Waals surface area contributed by atoms with Gasteiger partial charge >= 0.3 is 5.97 Å². The lowest BCUT2D eigenvalue weighted by Gasteiger charge is -2.33. The van der Waals surface area contributed by atoms with Crippen molar-refractivity contribution in [2.45, 2.75) is 19.0 Å². The van der Waals surface area contributed by atoms with E-state index in [1.807, 2.05) is 12.1 Å². The molecule has 1 aliphatic heterocycles. The summed E-state index contributed by atoms with van der Waals surface area (Å²) >= 11 is 0. The van der Waals surface area contributed by atoms with Crippen molar-refractivity contribution in [3.63, 3.8) is 0 Å². The van der Waals surface area contributed by atoms with E-state index in [-0.39, 0.29) is 12.5 Å². The maximum absolute atomic E-state index is 10.7. The number of hydrogen-bond acceptors (Lipinski definition) is 4. The molecule has 92 valence electrons. The van der Waals surface area contributed by atoms with Crippen LogP contribution in [0.15, 0.2) is 24.5 Å². The Morgan fingerprint density at radius 1 is 1.53 bits per heavy atom. The fourth-order valence-electron chi connectivity index (χ4n) is 2.13. The van der Waals surface area contributed by atoms with E-state index in [2.05, 4.69) is 15.2 Å². The van der Waals surface area contributed by atoms with E-state index in [9.17, 15) is 4.79 Å². The second-order valence-electron chi connectivity index (χ2n) is 4.34. The highest BCUT2D eigenvalue weighted by molar-refractivity contribution is 5.67. The van der Waals surface area contributed by atoms with Crippen LogP contribution in [0, 0.1) is 0 Å². The van der Waals surface area contributed by atoms with Gasteiger partial charge in [-0.1, -0.05) is 0 Å². The molecule has 0 spiro atoms. The minimum absolute atomic E-state index is 0.0584. The second kappa shape index (κ2) is 5.75. The summed E-state index contributed by atoms with van der Waals surface area (Å²) in [5.74, 6) is -0.742. The second-order valence-corrected chi connectivity index (χ2v) is 4.34. The Kier molecular flexibility index (Phi) is 4.06. The monoisotopic (exact) mass is 235 g/mol. The molecule has 0 saturated carbocycles. The third-order valence-electron chi connectivity index (χ3n) is 2.92. The van der Waals surface area contributed by atoms with Crippen LogP contribution in [0.4, 0.5) is 0 Å². The highest BCUT2D eigenvalue weighted by Gasteiger charge is 2.21. The van der Waals surface area contributed by atoms with Gasteiger partial charge < -0.3 is 10.4 Å². The van der Waals surface area contributed by atoms with Gasteiger partial charge in [-0.05, 0) is 17.7 Å². The van der Waals surface area contributed by atoms with Gasteiger partial charge in [-0.2, -0.15) is 0 Å². The van der Waals surface area contributed by atoms with Crippen LogP contribution in [-0.2, 0) is 11.3 Å². The molecule has 2 rings (SSSR count). The van der Waals surface area contributed by atoms with Crippen LogP contribution in [0.2, 0.25) is 0 Å². The zero-order valence-electron chi connectivity index (χ0n) is 9.67. The summed E-state index contributed by atoms with van der Waals surface area (Å²) in [7, 11) is 0. The number of carboxylic acids is 1. The van der Waals surface area contributed by atoms with Crippen molar-refractivity contribution in [1.82, 2.24) is 15.2 Å². The van der Waals surface area contributed by atoms with Gasteiger partial charge in [0.25, 0.3) is 0 Å². The molecule has 5 heteroatoms. The number of nitrogens with one attached hydrogen (secondary N) is 1. The van der Waals surface area contributed by atoms with Crippen LogP contribution in [0.3, 0.4) is 0 Å². The van der Waals surface area contributed by atoms with Crippen molar-refractivity contribution in [3.8, 4) is 0 Å². The lowest BCUT2D eigenvalue weighted by Crippen LogP contribution is -2.50. The molecule has 0 radical (unpaired) electrons. The summed E-state index contributed by atoms with van der Waals surface area (Å²) in [5, 5.41) is 12.0. The molecular weight excluding hydrogens is 218 g/mol. The van der Waals surface area contributed by atoms with Crippen LogP contribution < -0.4 is 5.32 Å². The summed E-state index contributed by atoms with van der Waals surface area (Å²) in [6.45, 7) is 3.45. The average Bonchev–Trinajstić information content (AvgIpc) is 2.30. The topological polar surface area (TPSA) is 65.5 Å². The minimum Gasteiger partial charge on any atom is -0.481 e. The number of aromatic nitrogens is 1. The van der Waals surface area contributed by atoms with Gasteiger partial charge in [0.2, 0.25) is 0 Å². The summed E-state index contributed by atoms with van der Waals surface area (Å²) in [5.41, 5.74) is 1.22. The van der Waals surface area contributed by atoms with E-state index in [4.69, 9.17) is 5.11 Å². The Hall–Kier alpha value is -1.46. The van der Waals surface area contributed by atoms with E-state index >= 15 is 0 Å². The van der Waals surface area contributed by atoms with E-state index < -0.39 is 5.97 Å². The Labute approximate surface area is 100 Å².